The summed E-state index contributed by atoms with van der Waals surface area (Å²) in [5.41, 5.74) is -5.41. The molecule has 1 aromatic heterocycles. The molecule has 1 aliphatic rings. The van der Waals surface area contributed by atoms with Gasteiger partial charge in [0.25, 0.3) is 5.91 Å². The van der Waals surface area contributed by atoms with Crippen LogP contribution in [0, 0.1) is 0 Å². The van der Waals surface area contributed by atoms with Crippen LogP contribution in [-0.4, -0.2) is 39.3 Å². The van der Waals surface area contributed by atoms with Crippen molar-refractivity contribution in [2.24, 2.45) is 0 Å². The molecule has 3 aromatic carbocycles. The number of aromatic amines is 1. The molecule has 1 fully saturated rings. The predicted molar refractivity (Wildman–Crippen MR) is 150 cm³/mol. The van der Waals surface area contributed by atoms with Crippen LogP contribution in [0.1, 0.15) is 34.1 Å². The van der Waals surface area contributed by atoms with Crippen molar-refractivity contribution in [3.05, 3.63) is 87.7 Å². The van der Waals surface area contributed by atoms with Crippen LogP contribution in [0.4, 0.5) is 45.2 Å². The van der Waals surface area contributed by atoms with Crippen LogP contribution in [0.5, 0.6) is 0 Å². The molecule has 3 N–H and O–H groups in total. The van der Waals surface area contributed by atoms with Crippen LogP contribution in [-0.2, 0) is 50.0 Å². The van der Waals surface area contributed by atoms with Crippen molar-refractivity contribution in [2.45, 2.75) is 35.9 Å². The molecule has 0 bridgehead atoms. The molecule has 0 unspecified atom stereocenters. The molecule has 1 aliphatic heterocycles. The minimum absolute atomic E-state index is 0.0274. The number of nitrogens with one attached hydrogen (secondary N) is 3. The highest BCUT2D eigenvalue weighted by Gasteiger charge is 2.39. The van der Waals surface area contributed by atoms with Gasteiger partial charge in [-0.15, -0.1) is 0 Å². The number of hydrogen-bond donors (Lipinski definition) is 3. The molecule has 48 heavy (non-hydrogen) atoms. The lowest BCUT2D eigenvalue weighted by Crippen LogP contribution is -2.31. The summed E-state index contributed by atoms with van der Waals surface area (Å²) >= 11 is 6.26. The molecular formula is C26H17ClF9N5O5S2. The molecular weight excluding hydrogens is 733 g/mol. The minimum Gasteiger partial charge on any atom is -0.341 e. The number of benzene rings is 3. The van der Waals surface area contributed by atoms with Gasteiger partial charge in [0.05, 0.1) is 49.4 Å². The highest BCUT2D eigenvalue weighted by atomic mass is 35.5. The highest BCUT2D eigenvalue weighted by molar-refractivity contribution is 7.92. The molecule has 1 amide bonds. The molecule has 0 saturated carbocycles. The monoisotopic (exact) mass is 749 g/mol. The van der Waals surface area contributed by atoms with E-state index in [0.29, 0.717) is 16.4 Å². The van der Waals surface area contributed by atoms with Gasteiger partial charge in [0, 0.05) is 0 Å². The number of aromatic nitrogens is 2. The van der Waals surface area contributed by atoms with E-state index in [0.717, 1.165) is 18.2 Å². The summed E-state index contributed by atoms with van der Waals surface area (Å²) < 4.78 is 176. The van der Waals surface area contributed by atoms with Crippen LogP contribution in [0.25, 0.3) is 11.0 Å². The number of H-pyrrole nitrogens is 1. The van der Waals surface area contributed by atoms with E-state index in [1.165, 1.54) is 6.07 Å². The quantitative estimate of drug-likeness (QED) is 0.207. The average Bonchev–Trinajstić information content (AvgIpc) is 3.49. The fourth-order valence-corrected chi connectivity index (χ4v) is 7.47. The van der Waals surface area contributed by atoms with Crippen LogP contribution in [0.3, 0.4) is 0 Å². The fourth-order valence-electron chi connectivity index (χ4n) is 4.68. The van der Waals surface area contributed by atoms with Crippen LogP contribution >= 0.6 is 11.6 Å². The number of amides is 1. The maximum Gasteiger partial charge on any atom is 0.416 e. The Morgan fingerprint density at radius 2 is 1.48 bits per heavy atom. The van der Waals surface area contributed by atoms with Crippen LogP contribution < -0.4 is 13.7 Å². The number of nitrogens with zero attached hydrogens (tertiary/aromatic N) is 2. The Hall–Kier alpha value is -4.08. The first-order valence-electron chi connectivity index (χ1n) is 12.9. The summed E-state index contributed by atoms with van der Waals surface area (Å²) in [7, 11) is -9.57. The van der Waals surface area contributed by atoms with Crippen molar-refractivity contribution in [2.75, 3.05) is 10.8 Å². The Morgan fingerprint density at radius 3 is 2.00 bits per heavy atom. The summed E-state index contributed by atoms with van der Waals surface area (Å²) in [5, 5.41) is -0.277. The van der Waals surface area contributed by atoms with Crippen molar-refractivity contribution in [3.8, 4) is 0 Å². The van der Waals surface area contributed by atoms with Gasteiger partial charge in [-0.2, -0.15) is 47.9 Å². The molecule has 0 radical (unpaired) electrons. The van der Waals surface area contributed by atoms with Gasteiger partial charge in [0.2, 0.25) is 10.0 Å². The van der Waals surface area contributed by atoms with Crippen LogP contribution in [0.2, 0.25) is 5.02 Å². The minimum atomic E-state index is -5.39. The SMILES string of the molecule is O=C1CN(c2ccc(C[C@H](NS(=O)(=O)c3cc(C(F)(F)F)cc(C(F)(F)F)c3)c3nc4ccc(C(F)(F)F)cc4[nH]3)cc2Cl)S(=O)(=O)N1. The Balaban J connectivity index is 1.59. The van der Waals surface area contributed by atoms with Crippen molar-refractivity contribution >= 4 is 54.5 Å². The summed E-state index contributed by atoms with van der Waals surface area (Å²) in [5.74, 6) is -1.26. The van der Waals surface area contributed by atoms with Gasteiger partial charge in [-0.1, -0.05) is 17.7 Å². The molecule has 1 saturated heterocycles. The van der Waals surface area contributed by atoms with Gasteiger partial charge in [-0.05, 0) is 60.5 Å². The number of rotatable bonds is 7. The first-order valence-corrected chi connectivity index (χ1v) is 16.2. The van der Waals surface area contributed by atoms with E-state index in [-0.39, 0.29) is 45.5 Å². The number of alkyl halides is 9. The van der Waals surface area contributed by atoms with E-state index in [4.69, 9.17) is 11.6 Å². The Labute approximate surface area is 269 Å². The van der Waals surface area contributed by atoms with Crippen molar-refractivity contribution < 1.29 is 61.1 Å². The van der Waals surface area contributed by atoms with Gasteiger partial charge < -0.3 is 4.98 Å². The van der Waals surface area contributed by atoms with E-state index in [1.54, 1.807) is 4.72 Å². The zero-order valence-electron chi connectivity index (χ0n) is 23.2. The number of carbonyl (C=O) groups is 1. The lowest BCUT2D eigenvalue weighted by Gasteiger charge is -2.20. The Morgan fingerprint density at radius 1 is 0.875 bits per heavy atom. The van der Waals surface area contributed by atoms with Gasteiger partial charge in [-0.3, -0.25) is 4.79 Å². The molecule has 22 heteroatoms. The molecule has 4 aromatic rings. The molecule has 10 nitrogen and oxygen atoms in total. The molecule has 1 atom stereocenters. The van der Waals surface area contributed by atoms with Crippen LogP contribution in [0.15, 0.2) is 59.5 Å². The van der Waals surface area contributed by atoms with Gasteiger partial charge in [-0.25, -0.2) is 27.2 Å². The topological polar surface area (TPSA) is 141 Å². The van der Waals surface area contributed by atoms with E-state index < -0.39 is 91.1 Å². The van der Waals surface area contributed by atoms with E-state index in [9.17, 15) is 61.1 Å². The third-order valence-electron chi connectivity index (χ3n) is 6.87. The van der Waals surface area contributed by atoms with E-state index in [1.807, 2.05) is 4.72 Å². The second-order valence-corrected chi connectivity index (χ2v) is 14.0. The zero-order chi connectivity index (χ0) is 35.6. The second-order valence-electron chi connectivity index (χ2n) is 10.3. The Kier molecular flexibility index (Phi) is 8.67. The number of hydrogen-bond acceptors (Lipinski definition) is 6. The second kappa shape index (κ2) is 11.8. The summed E-state index contributed by atoms with van der Waals surface area (Å²) in [6, 6.07) is 3.74. The molecule has 5 rings (SSSR count). The molecule has 0 aliphatic carbocycles. The first-order chi connectivity index (χ1) is 21.9. The maximum absolute atomic E-state index is 13.5. The predicted octanol–water partition coefficient (Wildman–Crippen LogP) is 5.72. The Bertz CT molecular complexity index is 2120. The van der Waals surface area contributed by atoms with Gasteiger partial charge >= 0.3 is 28.7 Å². The average molecular weight is 750 g/mol. The number of imidazole rings is 1. The summed E-state index contributed by atoms with van der Waals surface area (Å²) in [6.07, 6.45) is -16.1. The lowest BCUT2D eigenvalue weighted by molar-refractivity contribution is -0.143. The third kappa shape index (κ3) is 7.32. The summed E-state index contributed by atoms with van der Waals surface area (Å²) in [4.78, 5) is 16.8. The third-order valence-corrected chi connectivity index (χ3v) is 10.0. The zero-order valence-corrected chi connectivity index (χ0v) is 25.6. The van der Waals surface area contributed by atoms with Crippen molar-refractivity contribution in [1.29, 1.82) is 0 Å². The van der Waals surface area contributed by atoms with Gasteiger partial charge in [0.1, 0.15) is 12.4 Å². The van der Waals surface area contributed by atoms with Crippen molar-refractivity contribution in [1.82, 2.24) is 19.4 Å². The number of anilines is 1. The standard InChI is InChI=1S/C26H17ClF9N5O5S2/c27-17-5-12(1-4-21(17)41-11-22(42)40-48(41,45)46)6-20(23-37-18-3-2-13(24(28,29)30)10-19(18)38-23)39-47(43,44)16-8-14(25(31,32)33)7-15(9-16)26(34,35)36/h1-5,7-10,20,39H,6,11H2,(H,37,38)(H,40,42)/t20-/m0/s1. The van der Waals surface area contributed by atoms with Gasteiger partial charge in [0.15, 0.2) is 0 Å². The number of fused-ring (bicyclic) bond motifs is 1. The molecule has 2 heterocycles. The van der Waals surface area contributed by atoms with Crippen molar-refractivity contribution in [3.63, 3.8) is 0 Å². The fraction of sp³-hybridized carbons (Fsp3) is 0.231. The molecule has 0 spiro atoms. The molecule has 258 valence electrons. The lowest BCUT2D eigenvalue weighted by atomic mass is 10.1. The van der Waals surface area contributed by atoms with E-state index >= 15 is 0 Å². The summed E-state index contributed by atoms with van der Waals surface area (Å²) in [6.45, 7) is -0.625. The number of halogens is 10. The highest BCUT2D eigenvalue weighted by Crippen LogP contribution is 2.38. The van der Waals surface area contributed by atoms with E-state index in [2.05, 4.69) is 9.97 Å². The number of sulfonamides is 1. The largest absolute Gasteiger partial charge is 0.416 e. The first kappa shape index (κ1) is 35.2. The number of carbonyl (C=O) groups excluding carboxylic acids is 1. The maximum atomic E-state index is 13.5. The normalized spacial score (nSPS) is 16.4. The smallest absolute Gasteiger partial charge is 0.341 e.